The summed E-state index contributed by atoms with van der Waals surface area (Å²) in [6.07, 6.45) is 2.40. The predicted octanol–water partition coefficient (Wildman–Crippen LogP) is 6.60. The number of methoxy groups -OCH3 is 1. The zero-order valence-corrected chi connectivity index (χ0v) is 21.9. The molecule has 5 rings (SSSR count). The van der Waals surface area contributed by atoms with Crippen LogP contribution < -0.4 is 10.1 Å². The Morgan fingerprint density at radius 2 is 1.68 bits per heavy atom. The first-order chi connectivity index (χ1) is 18.0. The number of fused-ring (bicyclic) bond motifs is 1. The second-order valence-corrected chi connectivity index (χ2v) is 10.1. The van der Waals surface area contributed by atoms with E-state index in [1.165, 1.54) is 24.0 Å². The zero-order valence-electron chi connectivity index (χ0n) is 21.9. The number of benzene rings is 3. The second-order valence-electron chi connectivity index (χ2n) is 10.1. The van der Waals surface area contributed by atoms with Crippen LogP contribution in [0.1, 0.15) is 60.1 Å². The van der Waals surface area contributed by atoms with Crippen molar-refractivity contribution in [1.82, 2.24) is 15.2 Å². The first-order valence-corrected chi connectivity index (χ1v) is 13.2. The number of likely N-dealkylation sites (tertiary alicyclic amines) is 1. The molecule has 2 heterocycles. The molecule has 0 bridgehead atoms. The van der Waals surface area contributed by atoms with Gasteiger partial charge >= 0.3 is 0 Å². The average Bonchev–Trinajstić information content (AvgIpc) is 3.47. The summed E-state index contributed by atoms with van der Waals surface area (Å²) in [5, 5.41) is 4.12. The maximum absolute atomic E-state index is 13.7. The van der Waals surface area contributed by atoms with Gasteiger partial charge in [0.2, 0.25) is 0 Å². The topological polar surface area (TPSA) is 54.5 Å². The van der Waals surface area contributed by atoms with Gasteiger partial charge in [0.1, 0.15) is 5.75 Å². The third-order valence-corrected chi connectivity index (χ3v) is 7.35. The molecule has 4 aromatic rings. The molecule has 0 aliphatic carbocycles. The van der Waals surface area contributed by atoms with Crippen LogP contribution >= 0.6 is 0 Å². The minimum Gasteiger partial charge on any atom is -0.497 e. The Bertz CT molecular complexity index is 1370. The number of pyridine rings is 1. The lowest BCUT2D eigenvalue weighted by molar-refractivity contribution is 0.0939. The van der Waals surface area contributed by atoms with Crippen LogP contribution in [0, 0.1) is 0 Å². The van der Waals surface area contributed by atoms with E-state index in [1.54, 1.807) is 7.11 Å². The van der Waals surface area contributed by atoms with Gasteiger partial charge in [-0.2, -0.15) is 0 Å². The monoisotopic (exact) mass is 493 g/mol. The van der Waals surface area contributed by atoms with Gasteiger partial charge in [-0.1, -0.05) is 68.4 Å². The van der Waals surface area contributed by atoms with Crippen molar-refractivity contribution in [3.05, 3.63) is 95.6 Å². The predicted molar refractivity (Wildman–Crippen MR) is 150 cm³/mol. The number of hydrogen-bond donors (Lipinski definition) is 1. The number of carbonyl (C=O) groups is 1. The molecule has 0 spiro atoms. The quantitative estimate of drug-likeness (QED) is 0.300. The largest absolute Gasteiger partial charge is 0.497 e. The highest BCUT2D eigenvalue weighted by Crippen LogP contribution is 2.29. The fourth-order valence-electron chi connectivity index (χ4n) is 5.19. The van der Waals surface area contributed by atoms with Gasteiger partial charge < -0.3 is 10.1 Å². The molecular weight excluding hydrogens is 458 g/mol. The van der Waals surface area contributed by atoms with E-state index >= 15 is 0 Å². The number of amides is 1. The molecule has 0 unspecified atom stereocenters. The minimum absolute atomic E-state index is 0.0780. The van der Waals surface area contributed by atoms with Gasteiger partial charge in [-0.05, 0) is 67.2 Å². The molecule has 3 aromatic carbocycles. The average molecular weight is 494 g/mol. The summed E-state index contributed by atoms with van der Waals surface area (Å²) in [6.45, 7) is 7.11. The van der Waals surface area contributed by atoms with Gasteiger partial charge in [0.15, 0.2) is 0 Å². The number of ether oxygens (including phenoxy) is 1. The number of nitrogens with one attached hydrogen (secondary N) is 1. The fourth-order valence-corrected chi connectivity index (χ4v) is 5.19. The van der Waals surface area contributed by atoms with Crippen molar-refractivity contribution >= 4 is 16.8 Å². The van der Waals surface area contributed by atoms with Crippen molar-refractivity contribution < 1.29 is 9.53 Å². The summed E-state index contributed by atoms with van der Waals surface area (Å²) in [6, 6.07) is 26.6. The maximum Gasteiger partial charge on any atom is 0.252 e. The van der Waals surface area contributed by atoms with Crippen molar-refractivity contribution in [1.29, 1.82) is 0 Å². The summed E-state index contributed by atoms with van der Waals surface area (Å²) in [5.74, 6) is 1.18. The molecule has 190 valence electrons. The summed E-state index contributed by atoms with van der Waals surface area (Å²) >= 11 is 0. The van der Waals surface area contributed by atoms with E-state index in [9.17, 15) is 4.79 Å². The molecular formula is C32H35N3O2. The second kappa shape index (κ2) is 11.1. The van der Waals surface area contributed by atoms with Gasteiger partial charge in [0.25, 0.3) is 5.91 Å². The van der Waals surface area contributed by atoms with Crippen LogP contribution in [0.4, 0.5) is 0 Å². The first-order valence-electron chi connectivity index (χ1n) is 13.2. The summed E-state index contributed by atoms with van der Waals surface area (Å²) in [4.78, 5) is 21.0. The lowest BCUT2D eigenvalue weighted by Crippen LogP contribution is -2.37. The molecule has 1 aliphatic heterocycles. The van der Waals surface area contributed by atoms with Crippen LogP contribution in [0.25, 0.3) is 22.2 Å². The zero-order chi connectivity index (χ0) is 25.8. The molecule has 1 N–H and O–H groups in total. The van der Waals surface area contributed by atoms with Crippen molar-refractivity contribution in [3.63, 3.8) is 0 Å². The Hall–Kier alpha value is -3.70. The van der Waals surface area contributed by atoms with Crippen molar-refractivity contribution in [3.8, 4) is 17.0 Å². The van der Waals surface area contributed by atoms with E-state index in [4.69, 9.17) is 9.72 Å². The molecule has 0 saturated carbocycles. The number of nitrogens with zero attached hydrogens (tertiary/aromatic N) is 2. The van der Waals surface area contributed by atoms with Crippen LogP contribution in [0.2, 0.25) is 0 Å². The molecule has 5 nitrogen and oxygen atoms in total. The number of para-hydroxylation sites is 1. The van der Waals surface area contributed by atoms with Crippen molar-refractivity contribution in [2.75, 3.05) is 26.7 Å². The summed E-state index contributed by atoms with van der Waals surface area (Å²) < 4.78 is 5.41. The normalized spacial score (nSPS) is 14.7. The van der Waals surface area contributed by atoms with Crippen molar-refractivity contribution in [2.45, 2.75) is 38.6 Å². The maximum atomic E-state index is 13.7. The number of aromatic nitrogens is 1. The van der Waals surface area contributed by atoms with E-state index in [0.29, 0.717) is 18.0 Å². The van der Waals surface area contributed by atoms with E-state index in [0.717, 1.165) is 41.0 Å². The third kappa shape index (κ3) is 5.52. The Balaban J connectivity index is 1.44. The number of rotatable bonds is 8. The van der Waals surface area contributed by atoms with E-state index in [1.807, 2.05) is 54.6 Å². The Morgan fingerprint density at radius 3 is 2.41 bits per heavy atom. The van der Waals surface area contributed by atoms with Crippen molar-refractivity contribution in [2.24, 2.45) is 0 Å². The molecule has 1 aromatic heterocycles. The molecule has 1 atom stereocenters. The van der Waals surface area contributed by atoms with Gasteiger partial charge in [-0.3, -0.25) is 9.69 Å². The van der Waals surface area contributed by atoms with Crippen LogP contribution in [-0.4, -0.2) is 42.5 Å². The van der Waals surface area contributed by atoms with Crippen LogP contribution in [0.5, 0.6) is 5.75 Å². The first kappa shape index (κ1) is 25.0. The highest BCUT2D eigenvalue weighted by molar-refractivity contribution is 6.07. The van der Waals surface area contributed by atoms with E-state index in [2.05, 4.69) is 48.3 Å². The molecule has 37 heavy (non-hydrogen) atoms. The SMILES string of the molecule is COc1cccc(-c2cc(C(=O)NC[C@@H](c3ccc(C(C)C)cc3)N3CCCC3)c3ccccc3n2)c1. The molecule has 1 aliphatic rings. The molecule has 1 fully saturated rings. The smallest absolute Gasteiger partial charge is 0.252 e. The Kier molecular flexibility index (Phi) is 7.52. The van der Waals surface area contributed by atoms with E-state index < -0.39 is 0 Å². The summed E-state index contributed by atoms with van der Waals surface area (Å²) in [5.41, 5.74) is 5.69. The third-order valence-electron chi connectivity index (χ3n) is 7.35. The van der Waals surface area contributed by atoms with E-state index in [-0.39, 0.29) is 11.9 Å². The van der Waals surface area contributed by atoms with Gasteiger partial charge in [0, 0.05) is 17.5 Å². The number of hydrogen-bond acceptors (Lipinski definition) is 4. The highest BCUT2D eigenvalue weighted by atomic mass is 16.5. The van der Waals surface area contributed by atoms with Crippen LogP contribution in [0.3, 0.4) is 0 Å². The Labute approximate surface area is 219 Å². The van der Waals surface area contributed by atoms with Gasteiger partial charge in [-0.15, -0.1) is 0 Å². The molecule has 5 heteroatoms. The molecule has 0 radical (unpaired) electrons. The van der Waals surface area contributed by atoms with Gasteiger partial charge in [-0.25, -0.2) is 4.98 Å². The highest BCUT2D eigenvalue weighted by Gasteiger charge is 2.25. The standard InChI is InChI=1S/C32H35N3O2/c1-22(2)23-13-15-24(16-14-23)31(35-17-6-7-18-35)21-33-32(36)28-20-30(25-9-8-10-26(19-25)37-3)34-29-12-5-4-11-27(28)29/h4-5,8-16,19-20,22,31H,6-7,17-18,21H2,1-3H3,(H,33,36)/t31-/m0/s1. The molecule has 1 amide bonds. The van der Waals surface area contributed by atoms with Gasteiger partial charge in [0.05, 0.1) is 29.9 Å². The number of carbonyl (C=O) groups excluding carboxylic acids is 1. The minimum atomic E-state index is -0.0780. The Morgan fingerprint density at radius 1 is 0.946 bits per heavy atom. The fraction of sp³-hybridized carbons (Fsp3) is 0.312. The van der Waals surface area contributed by atoms with Crippen LogP contribution in [0.15, 0.2) is 78.9 Å². The lowest BCUT2D eigenvalue weighted by atomic mass is 9.98. The molecule has 1 saturated heterocycles. The lowest BCUT2D eigenvalue weighted by Gasteiger charge is -2.28. The van der Waals surface area contributed by atoms with Crippen LogP contribution in [-0.2, 0) is 0 Å². The summed E-state index contributed by atoms with van der Waals surface area (Å²) in [7, 11) is 1.65.